The number of nitrogens with two attached hydrogens (primary N) is 1. The number of hydrogen-bond donors (Lipinski definition) is 2. The highest BCUT2D eigenvalue weighted by atomic mass is 16.1. The average molecular weight is 190 g/mol. The van der Waals surface area contributed by atoms with Gasteiger partial charge in [-0.1, -0.05) is 17.7 Å². The molecule has 0 fully saturated rings. The van der Waals surface area contributed by atoms with Gasteiger partial charge in [-0.2, -0.15) is 0 Å². The second kappa shape index (κ2) is 3.42. The first-order valence-corrected chi connectivity index (χ1v) is 4.79. The van der Waals surface area contributed by atoms with Crippen LogP contribution < -0.4 is 11.1 Å². The number of carbonyl (C=O) groups excluding carboxylic acids is 1. The minimum atomic E-state index is -0.0464. The van der Waals surface area contributed by atoms with Crippen LogP contribution in [-0.4, -0.2) is 18.9 Å². The molecule has 14 heavy (non-hydrogen) atoms. The maximum Gasteiger partial charge on any atom is 0.155 e. The molecule has 3 N–H and O–H groups in total. The van der Waals surface area contributed by atoms with Crippen LogP contribution in [0.4, 0.5) is 5.69 Å². The van der Waals surface area contributed by atoms with E-state index in [-0.39, 0.29) is 18.2 Å². The third-order valence-electron chi connectivity index (χ3n) is 2.67. The molecule has 3 nitrogen and oxygen atoms in total. The summed E-state index contributed by atoms with van der Waals surface area (Å²) in [5.41, 5.74) is 8.72. The van der Waals surface area contributed by atoms with Gasteiger partial charge in [-0.05, 0) is 18.6 Å². The molecule has 0 bridgehead atoms. The molecule has 0 saturated heterocycles. The van der Waals surface area contributed by atoms with E-state index in [0.717, 1.165) is 11.3 Å². The summed E-state index contributed by atoms with van der Waals surface area (Å²) >= 11 is 0. The molecule has 1 heterocycles. The van der Waals surface area contributed by atoms with E-state index in [1.54, 1.807) is 0 Å². The normalized spacial score (nSPS) is 18.9. The number of ketones is 1. The fourth-order valence-corrected chi connectivity index (χ4v) is 1.88. The first-order chi connectivity index (χ1) is 6.72. The van der Waals surface area contributed by atoms with Crippen LogP contribution in [0.3, 0.4) is 0 Å². The number of hydrogen-bond acceptors (Lipinski definition) is 3. The summed E-state index contributed by atoms with van der Waals surface area (Å²) in [6.45, 7) is 2.84. The zero-order valence-electron chi connectivity index (χ0n) is 8.21. The Morgan fingerprint density at radius 3 is 3.14 bits per heavy atom. The molecule has 1 atom stereocenters. The molecule has 1 unspecified atom stereocenters. The van der Waals surface area contributed by atoms with Crippen molar-refractivity contribution in [2.45, 2.75) is 12.8 Å². The molecular weight excluding hydrogens is 176 g/mol. The van der Waals surface area contributed by atoms with Gasteiger partial charge < -0.3 is 11.1 Å². The van der Waals surface area contributed by atoms with Crippen molar-refractivity contribution in [3.8, 4) is 0 Å². The molecule has 1 aromatic rings. The molecule has 3 heteroatoms. The SMILES string of the molecule is Cc1ccc2c(c1)C(C(=O)CN)CN2. The monoisotopic (exact) mass is 190 g/mol. The van der Waals surface area contributed by atoms with Crippen LogP contribution in [0.2, 0.25) is 0 Å². The predicted molar refractivity (Wildman–Crippen MR) is 56.5 cm³/mol. The summed E-state index contributed by atoms with van der Waals surface area (Å²) in [7, 11) is 0. The Kier molecular flexibility index (Phi) is 2.25. The first kappa shape index (κ1) is 9.21. The molecule has 2 rings (SSSR count). The van der Waals surface area contributed by atoms with Gasteiger partial charge in [-0.25, -0.2) is 0 Å². The summed E-state index contributed by atoms with van der Waals surface area (Å²) in [5, 5.41) is 3.22. The Bertz CT molecular complexity index is 374. The lowest BCUT2D eigenvalue weighted by atomic mass is 9.95. The largest absolute Gasteiger partial charge is 0.384 e. The average Bonchev–Trinajstić information content (AvgIpc) is 2.59. The Balaban J connectivity index is 2.38. The molecule has 1 aliphatic rings. The van der Waals surface area contributed by atoms with Crippen molar-refractivity contribution in [3.63, 3.8) is 0 Å². The van der Waals surface area contributed by atoms with Gasteiger partial charge >= 0.3 is 0 Å². The van der Waals surface area contributed by atoms with Crippen LogP contribution in [0.5, 0.6) is 0 Å². The molecule has 74 valence electrons. The van der Waals surface area contributed by atoms with Crippen LogP contribution in [0, 0.1) is 6.92 Å². The summed E-state index contributed by atoms with van der Waals surface area (Å²) in [5.74, 6) is 0.0664. The summed E-state index contributed by atoms with van der Waals surface area (Å²) in [4.78, 5) is 11.5. The second-order valence-electron chi connectivity index (χ2n) is 3.69. The third kappa shape index (κ3) is 1.40. The quantitative estimate of drug-likeness (QED) is 0.732. The maximum absolute atomic E-state index is 11.5. The topological polar surface area (TPSA) is 55.1 Å². The zero-order valence-corrected chi connectivity index (χ0v) is 8.21. The lowest BCUT2D eigenvalue weighted by Gasteiger charge is -2.07. The second-order valence-corrected chi connectivity index (χ2v) is 3.69. The van der Waals surface area contributed by atoms with Gasteiger partial charge in [0.25, 0.3) is 0 Å². The van der Waals surface area contributed by atoms with Crippen molar-refractivity contribution < 1.29 is 4.79 Å². The fraction of sp³-hybridized carbons (Fsp3) is 0.364. The molecular formula is C11H14N2O. The van der Waals surface area contributed by atoms with Crippen molar-refractivity contribution in [1.29, 1.82) is 0 Å². The first-order valence-electron chi connectivity index (χ1n) is 4.79. The Hall–Kier alpha value is -1.35. The van der Waals surface area contributed by atoms with Crippen molar-refractivity contribution >= 4 is 11.5 Å². The third-order valence-corrected chi connectivity index (χ3v) is 2.67. The Morgan fingerprint density at radius 2 is 2.43 bits per heavy atom. The lowest BCUT2D eigenvalue weighted by molar-refractivity contribution is -0.118. The van der Waals surface area contributed by atoms with Crippen LogP contribution in [0.15, 0.2) is 18.2 Å². The molecule has 0 aliphatic carbocycles. The maximum atomic E-state index is 11.5. The highest BCUT2D eigenvalue weighted by Gasteiger charge is 2.27. The van der Waals surface area contributed by atoms with Crippen LogP contribution in [0.25, 0.3) is 0 Å². The van der Waals surface area contributed by atoms with E-state index in [0.29, 0.717) is 6.54 Å². The number of benzene rings is 1. The molecule has 0 aromatic heterocycles. The lowest BCUT2D eigenvalue weighted by Crippen LogP contribution is -2.22. The summed E-state index contributed by atoms with van der Waals surface area (Å²) in [6.07, 6.45) is 0. The van der Waals surface area contributed by atoms with E-state index in [1.165, 1.54) is 5.56 Å². The highest BCUT2D eigenvalue weighted by Crippen LogP contribution is 2.32. The smallest absolute Gasteiger partial charge is 0.155 e. The molecule has 0 radical (unpaired) electrons. The molecule has 1 aromatic carbocycles. The zero-order chi connectivity index (χ0) is 10.1. The standard InChI is InChI=1S/C11H14N2O/c1-7-2-3-10-8(4-7)9(6-13-10)11(14)5-12/h2-4,9,13H,5-6,12H2,1H3. The summed E-state index contributed by atoms with van der Waals surface area (Å²) in [6, 6.07) is 6.13. The van der Waals surface area contributed by atoms with Crippen molar-refractivity contribution in [2.75, 3.05) is 18.4 Å². The van der Waals surface area contributed by atoms with Crippen LogP contribution in [-0.2, 0) is 4.79 Å². The van der Waals surface area contributed by atoms with E-state index in [2.05, 4.69) is 11.4 Å². The predicted octanol–water partition coefficient (Wildman–Crippen LogP) is 1.03. The van der Waals surface area contributed by atoms with Crippen LogP contribution >= 0.6 is 0 Å². The molecule has 0 amide bonds. The number of anilines is 1. The Labute approximate surface area is 83.3 Å². The van der Waals surface area contributed by atoms with Gasteiger partial charge in [0.05, 0.1) is 12.5 Å². The minimum absolute atomic E-state index is 0.0464. The van der Waals surface area contributed by atoms with Gasteiger partial charge in [0.15, 0.2) is 5.78 Å². The van der Waals surface area contributed by atoms with Crippen molar-refractivity contribution in [1.82, 2.24) is 0 Å². The van der Waals surface area contributed by atoms with E-state index < -0.39 is 0 Å². The van der Waals surface area contributed by atoms with Crippen LogP contribution in [0.1, 0.15) is 17.0 Å². The highest BCUT2D eigenvalue weighted by molar-refractivity contribution is 5.91. The summed E-state index contributed by atoms with van der Waals surface area (Å²) < 4.78 is 0. The van der Waals surface area contributed by atoms with E-state index in [1.807, 2.05) is 19.1 Å². The molecule has 1 aliphatic heterocycles. The van der Waals surface area contributed by atoms with E-state index >= 15 is 0 Å². The van der Waals surface area contributed by atoms with Gasteiger partial charge in [-0.3, -0.25) is 4.79 Å². The van der Waals surface area contributed by atoms with Gasteiger partial charge in [0.2, 0.25) is 0 Å². The van der Waals surface area contributed by atoms with Gasteiger partial charge in [0.1, 0.15) is 0 Å². The number of carbonyl (C=O) groups is 1. The number of nitrogens with one attached hydrogen (secondary N) is 1. The number of aryl methyl sites for hydroxylation is 1. The number of fused-ring (bicyclic) bond motifs is 1. The van der Waals surface area contributed by atoms with E-state index in [4.69, 9.17) is 5.73 Å². The molecule has 0 spiro atoms. The van der Waals surface area contributed by atoms with Gasteiger partial charge in [-0.15, -0.1) is 0 Å². The number of Topliss-reactive ketones (excluding diaryl/α,β-unsaturated/α-hetero) is 1. The Morgan fingerprint density at radius 1 is 1.64 bits per heavy atom. The number of rotatable bonds is 2. The van der Waals surface area contributed by atoms with Crippen molar-refractivity contribution in [3.05, 3.63) is 29.3 Å². The van der Waals surface area contributed by atoms with Crippen molar-refractivity contribution in [2.24, 2.45) is 5.73 Å². The molecule has 0 saturated carbocycles. The van der Waals surface area contributed by atoms with Gasteiger partial charge in [0, 0.05) is 12.2 Å². The van der Waals surface area contributed by atoms with E-state index in [9.17, 15) is 4.79 Å². The fourth-order valence-electron chi connectivity index (χ4n) is 1.88. The minimum Gasteiger partial charge on any atom is -0.384 e.